The predicted octanol–water partition coefficient (Wildman–Crippen LogP) is 3.71. The summed E-state index contributed by atoms with van der Waals surface area (Å²) in [7, 11) is 0.860. The van der Waals surface area contributed by atoms with E-state index in [9.17, 15) is 18.0 Å². The van der Waals surface area contributed by atoms with Crippen molar-refractivity contribution in [2.75, 3.05) is 7.11 Å². The van der Waals surface area contributed by atoms with E-state index < -0.39 is 17.8 Å². The summed E-state index contributed by atoms with van der Waals surface area (Å²) >= 11 is 5.97. The second-order valence-corrected chi connectivity index (χ2v) is 6.09. The topological polar surface area (TPSA) is 54.3 Å². The molecule has 1 aromatic carbocycles. The molecular formula is C17H13ClF3N3O2. The maximum absolute atomic E-state index is 13.9. The van der Waals surface area contributed by atoms with Gasteiger partial charge in [0.1, 0.15) is 11.7 Å². The Balaban J connectivity index is 2.29. The summed E-state index contributed by atoms with van der Waals surface area (Å²) in [6, 6.07) is 6.16. The molecule has 136 valence electrons. The highest BCUT2D eigenvalue weighted by molar-refractivity contribution is 6.31. The molecule has 0 saturated carbocycles. The molecule has 0 spiro atoms. The first-order valence-corrected chi connectivity index (χ1v) is 7.82. The third-order valence-electron chi connectivity index (χ3n) is 3.81. The van der Waals surface area contributed by atoms with Gasteiger partial charge in [0, 0.05) is 16.8 Å². The van der Waals surface area contributed by atoms with E-state index in [4.69, 9.17) is 11.6 Å². The molecule has 0 unspecified atom stereocenters. The van der Waals surface area contributed by atoms with Gasteiger partial charge in [-0.15, -0.1) is 0 Å². The lowest BCUT2D eigenvalue weighted by Gasteiger charge is -2.36. The molecule has 0 N–H and O–H groups in total. The number of ether oxygens (including phenoxy) is 1. The van der Waals surface area contributed by atoms with E-state index in [0.717, 1.165) is 7.11 Å². The third kappa shape index (κ3) is 2.90. The van der Waals surface area contributed by atoms with Crippen molar-refractivity contribution in [1.29, 1.82) is 0 Å². The van der Waals surface area contributed by atoms with Crippen LogP contribution >= 0.6 is 11.6 Å². The van der Waals surface area contributed by atoms with Crippen LogP contribution in [0.2, 0.25) is 5.02 Å². The number of benzene rings is 1. The average Bonchev–Trinajstić information content (AvgIpc) is 2.58. The van der Waals surface area contributed by atoms with E-state index in [1.807, 2.05) is 0 Å². The quantitative estimate of drug-likeness (QED) is 0.732. The van der Waals surface area contributed by atoms with E-state index in [1.54, 1.807) is 31.2 Å². The highest BCUT2D eigenvalue weighted by Crippen LogP contribution is 2.40. The molecule has 3 rings (SSSR count). The van der Waals surface area contributed by atoms with Crippen molar-refractivity contribution in [3.8, 4) is 0 Å². The zero-order valence-electron chi connectivity index (χ0n) is 13.7. The van der Waals surface area contributed by atoms with Gasteiger partial charge in [0.25, 0.3) is 0 Å². The van der Waals surface area contributed by atoms with E-state index in [2.05, 4.69) is 14.7 Å². The molecule has 2 heterocycles. The molecule has 0 aromatic heterocycles. The minimum Gasteiger partial charge on any atom is -0.465 e. The van der Waals surface area contributed by atoms with Gasteiger partial charge in [-0.25, -0.2) is 14.8 Å². The minimum absolute atomic E-state index is 0.0716. The molecule has 2 aliphatic rings. The number of methoxy groups -OCH3 is 1. The highest BCUT2D eigenvalue weighted by Gasteiger charge is 2.64. The van der Waals surface area contributed by atoms with Crippen LogP contribution in [0.3, 0.4) is 0 Å². The molecule has 2 aliphatic heterocycles. The standard InChI is InChI=1S/C17H13ClF3N3O2/c1-10-6-7-24-13(8-10)22-16(15(25)26-2,17(19,20)21)23-14(24)11-4-3-5-12(18)9-11/h3-9H,1-2H3/t16-/m1/s1. The maximum Gasteiger partial charge on any atom is 0.445 e. The normalized spacial score (nSPS) is 22.2. The van der Waals surface area contributed by atoms with Gasteiger partial charge in [-0.2, -0.15) is 13.2 Å². The molecule has 26 heavy (non-hydrogen) atoms. The molecular weight excluding hydrogens is 371 g/mol. The summed E-state index contributed by atoms with van der Waals surface area (Å²) < 4.78 is 46.0. The maximum atomic E-state index is 13.9. The number of hydrogen-bond acceptors (Lipinski definition) is 5. The first kappa shape index (κ1) is 18.2. The van der Waals surface area contributed by atoms with Gasteiger partial charge in [-0.05, 0) is 36.8 Å². The van der Waals surface area contributed by atoms with Crippen molar-refractivity contribution >= 4 is 29.2 Å². The molecule has 0 radical (unpaired) electrons. The lowest BCUT2D eigenvalue weighted by atomic mass is 10.1. The number of halogens is 4. The van der Waals surface area contributed by atoms with Crippen LogP contribution in [0, 0.1) is 0 Å². The van der Waals surface area contributed by atoms with Crippen LogP contribution < -0.4 is 0 Å². The van der Waals surface area contributed by atoms with Crippen LogP contribution in [0.15, 0.2) is 58.2 Å². The fraction of sp³-hybridized carbons (Fsp3) is 0.235. The number of esters is 1. The van der Waals surface area contributed by atoms with E-state index >= 15 is 0 Å². The second-order valence-electron chi connectivity index (χ2n) is 5.65. The van der Waals surface area contributed by atoms with Crippen molar-refractivity contribution in [2.24, 2.45) is 9.98 Å². The minimum atomic E-state index is -5.09. The molecule has 0 fully saturated rings. The molecule has 0 aliphatic carbocycles. The van der Waals surface area contributed by atoms with E-state index in [0.29, 0.717) is 16.2 Å². The molecule has 1 atom stereocenters. The van der Waals surface area contributed by atoms with Crippen LogP contribution in [-0.4, -0.2) is 41.5 Å². The number of rotatable bonds is 2. The SMILES string of the molecule is COC(=O)[C@@]1(C(F)(F)F)N=C2C=C(C)C=CN2C(c2cccc(Cl)c2)=N1. The van der Waals surface area contributed by atoms with Gasteiger partial charge in [0.15, 0.2) is 0 Å². The van der Waals surface area contributed by atoms with E-state index in [-0.39, 0.29) is 11.7 Å². The van der Waals surface area contributed by atoms with Gasteiger partial charge in [-0.1, -0.05) is 23.7 Å². The van der Waals surface area contributed by atoms with Gasteiger partial charge < -0.3 is 4.74 Å². The molecule has 0 amide bonds. The molecule has 0 saturated heterocycles. The zero-order valence-corrected chi connectivity index (χ0v) is 14.5. The zero-order chi connectivity index (χ0) is 19.1. The molecule has 9 heteroatoms. The fourth-order valence-corrected chi connectivity index (χ4v) is 2.75. The lowest BCUT2D eigenvalue weighted by Crippen LogP contribution is -2.55. The van der Waals surface area contributed by atoms with Crippen LogP contribution in [-0.2, 0) is 9.53 Å². The number of allylic oxidation sites excluding steroid dienone is 2. The average molecular weight is 384 g/mol. The Morgan fingerprint density at radius 1 is 1.31 bits per heavy atom. The van der Waals surface area contributed by atoms with E-state index in [1.165, 1.54) is 23.2 Å². The van der Waals surface area contributed by atoms with Crippen LogP contribution in [0.5, 0.6) is 0 Å². The van der Waals surface area contributed by atoms with Gasteiger partial charge in [0.05, 0.1) is 7.11 Å². The summed E-state index contributed by atoms with van der Waals surface area (Å²) in [5, 5.41) is 0.317. The number of alkyl halides is 3. The number of aliphatic imine (C=N–C) groups is 2. The Hall–Kier alpha value is -2.61. The Bertz CT molecular complexity index is 889. The molecule has 1 aromatic rings. The Kier molecular flexibility index (Phi) is 4.39. The first-order valence-electron chi connectivity index (χ1n) is 7.44. The number of nitrogens with zero attached hydrogens (tertiary/aromatic N) is 3. The number of amidine groups is 2. The van der Waals surface area contributed by atoms with Gasteiger partial charge in [0.2, 0.25) is 0 Å². The second kappa shape index (κ2) is 6.28. The predicted molar refractivity (Wildman–Crippen MR) is 91.0 cm³/mol. The number of carbonyl (C=O) groups is 1. The summed E-state index contributed by atoms with van der Waals surface area (Å²) in [5.74, 6) is -1.80. The van der Waals surface area contributed by atoms with Crippen LogP contribution in [0.25, 0.3) is 0 Å². The third-order valence-corrected chi connectivity index (χ3v) is 4.05. The Morgan fingerprint density at radius 3 is 2.65 bits per heavy atom. The van der Waals surface area contributed by atoms with Crippen molar-refractivity contribution in [1.82, 2.24) is 4.90 Å². The van der Waals surface area contributed by atoms with Crippen LogP contribution in [0.4, 0.5) is 13.2 Å². The van der Waals surface area contributed by atoms with Crippen molar-refractivity contribution in [2.45, 2.75) is 18.8 Å². The Labute approximate surface area is 152 Å². The summed E-state index contributed by atoms with van der Waals surface area (Å²) in [6.45, 7) is 1.70. The monoisotopic (exact) mass is 383 g/mol. The van der Waals surface area contributed by atoms with Crippen LogP contribution in [0.1, 0.15) is 12.5 Å². The number of carbonyl (C=O) groups excluding carboxylic acids is 1. The van der Waals surface area contributed by atoms with Gasteiger partial charge in [-0.3, -0.25) is 4.90 Å². The van der Waals surface area contributed by atoms with Crippen molar-refractivity contribution < 1.29 is 22.7 Å². The van der Waals surface area contributed by atoms with Crippen molar-refractivity contribution in [3.63, 3.8) is 0 Å². The fourth-order valence-electron chi connectivity index (χ4n) is 2.56. The summed E-state index contributed by atoms with van der Waals surface area (Å²) in [6.07, 6.45) is -0.433. The summed E-state index contributed by atoms with van der Waals surface area (Å²) in [4.78, 5) is 20.8. The van der Waals surface area contributed by atoms with Gasteiger partial charge >= 0.3 is 17.8 Å². The largest absolute Gasteiger partial charge is 0.465 e. The smallest absolute Gasteiger partial charge is 0.445 e. The highest BCUT2D eigenvalue weighted by atomic mass is 35.5. The molecule has 5 nitrogen and oxygen atoms in total. The lowest BCUT2D eigenvalue weighted by molar-refractivity contribution is -0.202. The first-order chi connectivity index (χ1) is 12.2. The number of fused-ring (bicyclic) bond motifs is 1. The molecule has 0 bridgehead atoms. The number of hydrogen-bond donors (Lipinski definition) is 0. The summed E-state index contributed by atoms with van der Waals surface area (Å²) in [5.41, 5.74) is -2.40. The van der Waals surface area contributed by atoms with Crippen molar-refractivity contribution in [3.05, 3.63) is 58.8 Å². The Morgan fingerprint density at radius 2 is 2.04 bits per heavy atom.